The van der Waals surface area contributed by atoms with Gasteiger partial charge in [-0.05, 0) is 30.2 Å². The molecule has 1 aromatic rings. The second-order valence-electron chi connectivity index (χ2n) is 4.57. The molecule has 0 amide bonds. The smallest absolute Gasteiger partial charge is 0.307 e. The molecule has 17 heavy (non-hydrogen) atoms. The molecular formula is C13H12O4. The third-order valence-electron chi connectivity index (χ3n) is 3.42. The second-order valence-corrected chi connectivity index (χ2v) is 4.57. The van der Waals surface area contributed by atoms with Crippen LogP contribution in [-0.4, -0.2) is 23.5 Å². The lowest BCUT2D eigenvalue weighted by Gasteiger charge is -2.02. The highest BCUT2D eigenvalue weighted by Crippen LogP contribution is 2.41. The number of hydrogen-bond acceptors (Lipinski definition) is 3. The maximum atomic E-state index is 12.0. The minimum Gasteiger partial charge on any atom is -0.493 e. The zero-order valence-electron chi connectivity index (χ0n) is 9.18. The van der Waals surface area contributed by atoms with Gasteiger partial charge in [0, 0.05) is 17.9 Å². The summed E-state index contributed by atoms with van der Waals surface area (Å²) in [5.74, 6) is -0.882. The van der Waals surface area contributed by atoms with E-state index in [0.29, 0.717) is 18.6 Å². The van der Waals surface area contributed by atoms with E-state index < -0.39 is 11.9 Å². The Labute approximate surface area is 98.2 Å². The van der Waals surface area contributed by atoms with Gasteiger partial charge in [-0.3, -0.25) is 9.59 Å². The third-order valence-corrected chi connectivity index (χ3v) is 3.42. The number of rotatable bonds is 3. The van der Waals surface area contributed by atoms with Crippen LogP contribution in [0.1, 0.15) is 22.3 Å². The Morgan fingerprint density at radius 3 is 2.82 bits per heavy atom. The maximum Gasteiger partial charge on any atom is 0.307 e. The molecule has 0 aromatic heterocycles. The first-order chi connectivity index (χ1) is 8.16. The van der Waals surface area contributed by atoms with E-state index in [1.54, 1.807) is 12.1 Å². The minimum absolute atomic E-state index is 0.0490. The molecule has 0 spiro atoms. The normalized spacial score (nSPS) is 24.9. The monoisotopic (exact) mass is 232 g/mol. The molecule has 1 N–H and O–H groups in total. The molecule has 0 saturated heterocycles. The summed E-state index contributed by atoms with van der Waals surface area (Å²) in [4.78, 5) is 22.7. The van der Waals surface area contributed by atoms with Crippen molar-refractivity contribution >= 4 is 11.8 Å². The lowest BCUT2D eigenvalue weighted by atomic mass is 10.0. The molecule has 0 radical (unpaired) electrons. The predicted molar refractivity (Wildman–Crippen MR) is 59.2 cm³/mol. The lowest BCUT2D eigenvalue weighted by molar-refractivity contribution is -0.138. The number of fused-ring (bicyclic) bond motifs is 1. The quantitative estimate of drug-likeness (QED) is 0.802. The van der Waals surface area contributed by atoms with Crippen LogP contribution in [0.15, 0.2) is 18.2 Å². The number of ketones is 1. The fourth-order valence-corrected chi connectivity index (χ4v) is 2.31. The number of benzene rings is 1. The van der Waals surface area contributed by atoms with Gasteiger partial charge in [-0.15, -0.1) is 0 Å². The largest absolute Gasteiger partial charge is 0.493 e. The van der Waals surface area contributed by atoms with E-state index in [9.17, 15) is 9.59 Å². The minimum atomic E-state index is -0.868. The number of carboxylic acid groups (broad SMARTS) is 1. The maximum absolute atomic E-state index is 12.0. The second kappa shape index (κ2) is 3.58. The van der Waals surface area contributed by atoms with Gasteiger partial charge in [-0.2, -0.15) is 0 Å². The lowest BCUT2D eigenvalue weighted by Crippen LogP contribution is -2.08. The molecule has 0 unspecified atom stereocenters. The summed E-state index contributed by atoms with van der Waals surface area (Å²) in [6.45, 7) is 0.661. The van der Waals surface area contributed by atoms with Crippen molar-refractivity contribution in [3.8, 4) is 5.75 Å². The van der Waals surface area contributed by atoms with Gasteiger partial charge in [0.05, 0.1) is 12.5 Å². The van der Waals surface area contributed by atoms with Crippen LogP contribution in [0.4, 0.5) is 0 Å². The highest BCUT2D eigenvalue weighted by Gasteiger charge is 2.48. The molecule has 1 aromatic carbocycles. The molecule has 1 aliphatic carbocycles. The van der Waals surface area contributed by atoms with E-state index in [1.807, 2.05) is 6.07 Å². The number of carbonyl (C=O) groups excluding carboxylic acids is 1. The summed E-state index contributed by atoms with van der Waals surface area (Å²) in [5.41, 5.74) is 1.66. The highest BCUT2D eigenvalue weighted by molar-refractivity contribution is 6.02. The van der Waals surface area contributed by atoms with E-state index in [1.165, 1.54) is 0 Å². The fraction of sp³-hybridized carbons (Fsp3) is 0.385. The summed E-state index contributed by atoms with van der Waals surface area (Å²) in [7, 11) is 0. The van der Waals surface area contributed by atoms with E-state index >= 15 is 0 Å². The van der Waals surface area contributed by atoms with Crippen LogP contribution in [0.25, 0.3) is 0 Å². The van der Waals surface area contributed by atoms with Gasteiger partial charge in [0.1, 0.15) is 5.75 Å². The van der Waals surface area contributed by atoms with Crippen LogP contribution in [0.3, 0.4) is 0 Å². The number of carbonyl (C=O) groups is 2. The topological polar surface area (TPSA) is 63.6 Å². The predicted octanol–water partition coefficient (Wildman–Crippen LogP) is 1.52. The third kappa shape index (κ3) is 1.69. The van der Waals surface area contributed by atoms with Crippen LogP contribution in [0.2, 0.25) is 0 Å². The van der Waals surface area contributed by atoms with Gasteiger partial charge in [0.2, 0.25) is 0 Å². The van der Waals surface area contributed by atoms with Crippen LogP contribution in [0.5, 0.6) is 5.75 Å². The van der Waals surface area contributed by atoms with E-state index in [-0.39, 0.29) is 11.7 Å². The van der Waals surface area contributed by atoms with Crippen LogP contribution >= 0.6 is 0 Å². The van der Waals surface area contributed by atoms with Gasteiger partial charge in [-0.25, -0.2) is 0 Å². The summed E-state index contributed by atoms with van der Waals surface area (Å²) < 4.78 is 5.36. The Bertz CT molecular complexity index is 506. The van der Waals surface area contributed by atoms with Gasteiger partial charge in [0.25, 0.3) is 0 Å². The van der Waals surface area contributed by atoms with Gasteiger partial charge >= 0.3 is 5.97 Å². The van der Waals surface area contributed by atoms with Crippen molar-refractivity contribution in [3.63, 3.8) is 0 Å². The molecule has 4 heteroatoms. The molecule has 4 nitrogen and oxygen atoms in total. The van der Waals surface area contributed by atoms with E-state index in [4.69, 9.17) is 9.84 Å². The zero-order valence-corrected chi connectivity index (χ0v) is 9.18. The van der Waals surface area contributed by atoms with Crippen molar-refractivity contribution in [2.45, 2.75) is 12.8 Å². The Balaban J connectivity index is 1.81. The molecule has 0 bridgehead atoms. The molecule has 1 saturated carbocycles. The molecule has 3 rings (SSSR count). The summed E-state index contributed by atoms with van der Waals surface area (Å²) in [6, 6.07) is 5.36. The molecule has 1 fully saturated rings. The van der Waals surface area contributed by atoms with Gasteiger partial charge < -0.3 is 9.84 Å². The van der Waals surface area contributed by atoms with E-state index in [2.05, 4.69) is 0 Å². The van der Waals surface area contributed by atoms with Crippen molar-refractivity contribution in [2.75, 3.05) is 6.61 Å². The first-order valence-corrected chi connectivity index (χ1v) is 5.69. The molecule has 88 valence electrons. The first-order valence-electron chi connectivity index (χ1n) is 5.69. The number of carboxylic acids is 1. The Morgan fingerprint density at radius 1 is 1.29 bits per heavy atom. The highest BCUT2D eigenvalue weighted by atomic mass is 16.5. The molecule has 2 aliphatic rings. The zero-order chi connectivity index (χ0) is 12.0. The Morgan fingerprint density at radius 2 is 2.12 bits per heavy atom. The summed E-state index contributed by atoms with van der Waals surface area (Å²) >= 11 is 0. The number of hydrogen-bond donors (Lipinski definition) is 1. The van der Waals surface area contributed by atoms with Crippen molar-refractivity contribution in [2.24, 2.45) is 11.8 Å². The number of aliphatic carboxylic acids is 1. The van der Waals surface area contributed by atoms with Crippen LogP contribution < -0.4 is 4.74 Å². The SMILES string of the molecule is O=C(O)[C@H]1C[C@@H]1C(=O)c1ccc2c(c1)CCO2. The molecular weight excluding hydrogens is 220 g/mol. The van der Waals surface area contributed by atoms with Crippen molar-refractivity contribution < 1.29 is 19.4 Å². The van der Waals surface area contributed by atoms with Crippen molar-refractivity contribution in [1.29, 1.82) is 0 Å². The average Bonchev–Trinajstić information content (AvgIpc) is 2.99. The van der Waals surface area contributed by atoms with Crippen molar-refractivity contribution in [1.82, 2.24) is 0 Å². The van der Waals surface area contributed by atoms with Crippen LogP contribution in [0, 0.1) is 11.8 Å². The summed E-state index contributed by atoms with van der Waals surface area (Å²) in [5, 5.41) is 8.80. The van der Waals surface area contributed by atoms with Crippen LogP contribution in [-0.2, 0) is 11.2 Å². The molecule has 1 aliphatic heterocycles. The van der Waals surface area contributed by atoms with Gasteiger partial charge in [0.15, 0.2) is 5.78 Å². The molecule has 1 heterocycles. The fourth-order valence-electron chi connectivity index (χ4n) is 2.31. The first kappa shape index (κ1) is 10.3. The standard InChI is InChI=1S/C13H12O4/c14-12(9-6-10(9)13(15)16)8-1-2-11-7(5-8)3-4-17-11/h1-2,5,9-10H,3-4,6H2,(H,15,16)/t9-,10-/m0/s1. The van der Waals surface area contributed by atoms with Crippen molar-refractivity contribution in [3.05, 3.63) is 29.3 Å². The molecule has 2 atom stereocenters. The van der Waals surface area contributed by atoms with E-state index in [0.717, 1.165) is 17.7 Å². The van der Waals surface area contributed by atoms with Gasteiger partial charge in [-0.1, -0.05) is 0 Å². The number of Topliss-reactive ketones (excluding diaryl/α,β-unsaturated/α-hetero) is 1. The Hall–Kier alpha value is -1.84. The summed E-state index contributed by atoms with van der Waals surface area (Å²) in [6.07, 6.45) is 1.30. The Kier molecular flexibility index (Phi) is 2.18. The average molecular weight is 232 g/mol. The number of ether oxygens (including phenoxy) is 1.